The molecule has 0 aliphatic rings. The van der Waals surface area contributed by atoms with Crippen molar-refractivity contribution in [2.24, 2.45) is 5.73 Å². The number of thiazole rings is 1. The van der Waals surface area contributed by atoms with Gasteiger partial charge in [0.05, 0.1) is 5.69 Å². The molecule has 2 aromatic rings. The Balaban J connectivity index is 1.77. The van der Waals surface area contributed by atoms with E-state index in [0.717, 1.165) is 16.3 Å². The number of rotatable bonds is 7. The maximum atomic E-state index is 11.6. The van der Waals surface area contributed by atoms with Gasteiger partial charge < -0.3 is 15.8 Å². The van der Waals surface area contributed by atoms with Gasteiger partial charge in [-0.15, -0.1) is 11.3 Å². The first-order valence-electron chi connectivity index (χ1n) is 7.25. The molecule has 7 heteroatoms. The van der Waals surface area contributed by atoms with Crippen LogP contribution in [0, 0.1) is 6.92 Å². The molecule has 6 nitrogen and oxygen atoms in total. The number of ether oxygens (including phenoxy) is 1. The number of carbonyl (C=O) groups excluding carboxylic acids is 2. The lowest BCUT2D eigenvalue weighted by Gasteiger charge is -2.03. The standard InChI is InChI=1S/C16H19N3O3S/c1-11-4-6-12(7-5-11)15-19-13(10-23-15)9-22-14(20)3-2-8-18-16(17)21/h4-7,10H,2-3,8-9H2,1H3,(H3,17,18,21). The number of esters is 1. The fraction of sp³-hybridized carbons (Fsp3) is 0.312. The average Bonchev–Trinajstić information content (AvgIpc) is 2.99. The molecule has 0 unspecified atom stereocenters. The van der Waals surface area contributed by atoms with Gasteiger partial charge in [0.1, 0.15) is 11.6 Å². The van der Waals surface area contributed by atoms with E-state index in [2.05, 4.69) is 10.3 Å². The van der Waals surface area contributed by atoms with Crippen LogP contribution in [0.25, 0.3) is 10.6 Å². The van der Waals surface area contributed by atoms with Crippen molar-refractivity contribution in [3.05, 3.63) is 40.9 Å². The Kier molecular flexibility index (Phi) is 6.10. The minimum absolute atomic E-state index is 0.157. The lowest BCUT2D eigenvalue weighted by atomic mass is 10.2. The maximum Gasteiger partial charge on any atom is 0.312 e. The van der Waals surface area contributed by atoms with Crippen molar-refractivity contribution in [2.75, 3.05) is 6.54 Å². The topological polar surface area (TPSA) is 94.3 Å². The monoisotopic (exact) mass is 333 g/mol. The molecule has 2 amide bonds. The normalized spacial score (nSPS) is 10.3. The highest BCUT2D eigenvalue weighted by molar-refractivity contribution is 7.13. The van der Waals surface area contributed by atoms with Gasteiger partial charge in [-0.2, -0.15) is 0 Å². The first kappa shape index (κ1) is 17.0. The van der Waals surface area contributed by atoms with Crippen molar-refractivity contribution < 1.29 is 14.3 Å². The molecule has 0 saturated carbocycles. The second-order valence-corrected chi connectivity index (χ2v) is 5.92. The summed E-state index contributed by atoms with van der Waals surface area (Å²) in [6.07, 6.45) is 0.725. The summed E-state index contributed by atoms with van der Waals surface area (Å²) in [5.41, 5.74) is 7.91. The van der Waals surface area contributed by atoms with E-state index in [1.165, 1.54) is 16.9 Å². The zero-order chi connectivity index (χ0) is 16.7. The van der Waals surface area contributed by atoms with Crippen molar-refractivity contribution in [3.8, 4) is 10.6 Å². The lowest BCUT2D eigenvalue weighted by molar-refractivity contribution is -0.145. The van der Waals surface area contributed by atoms with Gasteiger partial charge in [0.2, 0.25) is 0 Å². The number of nitrogens with two attached hydrogens (primary N) is 1. The van der Waals surface area contributed by atoms with Crippen molar-refractivity contribution >= 4 is 23.3 Å². The molecule has 23 heavy (non-hydrogen) atoms. The Morgan fingerprint density at radius 2 is 2.04 bits per heavy atom. The molecule has 1 aromatic carbocycles. The zero-order valence-corrected chi connectivity index (χ0v) is 13.7. The smallest absolute Gasteiger partial charge is 0.312 e. The van der Waals surface area contributed by atoms with E-state index >= 15 is 0 Å². The van der Waals surface area contributed by atoms with Gasteiger partial charge in [-0.25, -0.2) is 9.78 Å². The fourth-order valence-corrected chi connectivity index (χ4v) is 2.68. The van der Waals surface area contributed by atoms with Gasteiger partial charge in [-0.1, -0.05) is 29.8 Å². The largest absolute Gasteiger partial charge is 0.459 e. The SMILES string of the molecule is Cc1ccc(-c2nc(COC(=O)CCCNC(N)=O)cs2)cc1. The molecule has 3 N–H and O–H groups in total. The Labute approximate surface area is 138 Å². The van der Waals surface area contributed by atoms with Crippen LogP contribution in [0.2, 0.25) is 0 Å². The van der Waals surface area contributed by atoms with E-state index in [9.17, 15) is 9.59 Å². The van der Waals surface area contributed by atoms with Crippen LogP contribution in [0.3, 0.4) is 0 Å². The quantitative estimate of drug-likeness (QED) is 0.601. The molecule has 0 aliphatic carbocycles. The number of primary amides is 1. The van der Waals surface area contributed by atoms with E-state index in [-0.39, 0.29) is 19.0 Å². The molecule has 2 rings (SSSR count). The van der Waals surface area contributed by atoms with E-state index in [4.69, 9.17) is 10.5 Å². The van der Waals surface area contributed by atoms with Crippen LogP contribution in [0.15, 0.2) is 29.6 Å². The summed E-state index contributed by atoms with van der Waals surface area (Å²) in [7, 11) is 0. The summed E-state index contributed by atoms with van der Waals surface area (Å²) in [6.45, 7) is 2.55. The van der Waals surface area contributed by atoms with Crippen molar-refractivity contribution in [2.45, 2.75) is 26.4 Å². The molecule has 0 aliphatic heterocycles. The Morgan fingerprint density at radius 1 is 1.30 bits per heavy atom. The summed E-state index contributed by atoms with van der Waals surface area (Å²) in [5.74, 6) is -0.318. The number of nitrogens with zero attached hydrogens (tertiary/aromatic N) is 1. The summed E-state index contributed by atoms with van der Waals surface area (Å²) in [6, 6.07) is 7.53. The first-order chi connectivity index (χ1) is 11.0. The molecule has 0 atom stereocenters. The second kappa shape index (κ2) is 8.28. The van der Waals surface area contributed by atoms with Crippen LogP contribution in [0.1, 0.15) is 24.1 Å². The number of hydrogen-bond acceptors (Lipinski definition) is 5. The molecular formula is C16H19N3O3S. The number of hydrogen-bond donors (Lipinski definition) is 2. The van der Waals surface area contributed by atoms with Crippen LogP contribution in [-0.2, 0) is 16.1 Å². The van der Waals surface area contributed by atoms with E-state index in [1.807, 2.05) is 36.6 Å². The van der Waals surface area contributed by atoms with Crippen molar-refractivity contribution in [1.82, 2.24) is 10.3 Å². The van der Waals surface area contributed by atoms with Gasteiger partial charge in [0.15, 0.2) is 0 Å². The van der Waals surface area contributed by atoms with Crippen LogP contribution in [0.5, 0.6) is 0 Å². The molecule has 0 radical (unpaired) electrons. The molecular weight excluding hydrogens is 314 g/mol. The molecule has 122 valence electrons. The van der Waals surface area contributed by atoms with Crippen molar-refractivity contribution in [1.29, 1.82) is 0 Å². The predicted octanol–water partition coefficient (Wildman–Crippen LogP) is 2.61. The van der Waals surface area contributed by atoms with Crippen LogP contribution >= 0.6 is 11.3 Å². The average molecular weight is 333 g/mol. The zero-order valence-electron chi connectivity index (χ0n) is 12.9. The van der Waals surface area contributed by atoms with Crippen LogP contribution in [-0.4, -0.2) is 23.5 Å². The third-order valence-electron chi connectivity index (χ3n) is 3.09. The number of carbonyl (C=O) groups is 2. The number of nitrogens with one attached hydrogen (secondary N) is 1. The summed E-state index contributed by atoms with van der Waals surface area (Å²) < 4.78 is 5.16. The van der Waals surface area contributed by atoms with Crippen LogP contribution < -0.4 is 11.1 Å². The van der Waals surface area contributed by atoms with Gasteiger partial charge in [-0.3, -0.25) is 4.79 Å². The molecule has 0 bridgehead atoms. The Hall–Kier alpha value is -2.41. The third-order valence-corrected chi connectivity index (χ3v) is 4.03. The third kappa shape index (κ3) is 5.71. The maximum absolute atomic E-state index is 11.6. The van der Waals surface area contributed by atoms with E-state index < -0.39 is 6.03 Å². The predicted molar refractivity (Wildman–Crippen MR) is 88.9 cm³/mol. The molecule has 1 aromatic heterocycles. The summed E-state index contributed by atoms with van der Waals surface area (Å²) in [4.78, 5) is 26.5. The minimum Gasteiger partial charge on any atom is -0.459 e. The Bertz CT molecular complexity index is 667. The van der Waals surface area contributed by atoms with Crippen molar-refractivity contribution in [3.63, 3.8) is 0 Å². The summed E-state index contributed by atoms with van der Waals surface area (Å²) >= 11 is 1.52. The number of benzene rings is 1. The number of aryl methyl sites for hydroxylation is 1. The molecule has 0 saturated heterocycles. The Morgan fingerprint density at radius 3 is 2.74 bits per heavy atom. The van der Waals surface area contributed by atoms with E-state index in [0.29, 0.717) is 13.0 Å². The van der Waals surface area contributed by atoms with Crippen LogP contribution in [0.4, 0.5) is 4.79 Å². The van der Waals surface area contributed by atoms with Gasteiger partial charge in [0.25, 0.3) is 0 Å². The highest BCUT2D eigenvalue weighted by Crippen LogP contribution is 2.24. The summed E-state index contributed by atoms with van der Waals surface area (Å²) in [5, 5.41) is 5.21. The molecule has 0 fully saturated rings. The minimum atomic E-state index is -0.593. The van der Waals surface area contributed by atoms with Gasteiger partial charge in [-0.05, 0) is 13.3 Å². The highest BCUT2D eigenvalue weighted by Gasteiger charge is 2.08. The van der Waals surface area contributed by atoms with Gasteiger partial charge in [0, 0.05) is 23.9 Å². The number of urea groups is 1. The highest BCUT2D eigenvalue weighted by atomic mass is 32.1. The molecule has 1 heterocycles. The number of aromatic nitrogens is 1. The fourth-order valence-electron chi connectivity index (χ4n) is 1.87. The lowest BCUT2D eigenvalue weighted by Crippen LogP contribution is -2.30. The second-order valence-electron chi connectivity index (χ2n) is 5.07. The first-order valence-corrected chi connectivity index (χ1v) is 8.13. The van der Waals surface area contributed by atoms with E-state index in [1.54, 1.807) is 0 Å². The molecule has 0 spiro atoms. The number of amides is 2. The van der Waals surface area contributed by atoms with Gasteiger partial charge >= 0.3 is 12.0 Å².